The third-order valence-electron chi connectivity index (χ3n) is 2.57. The van der Waals surface area contributed by atoms with Crippen LogP contribution in [0.1, 0.15) is 38.4 Å². The predicted octanol–water partition coefficient (Wildman–Crippen LogP) is 2.90. The lowest BCUT2D eigenvalue weighted by Crippen LogP contribution is -2.18. The van der Waals surface area contributed by atoms with Crippen molar-refractivity contribution in [3.05, 3.63) is 35.9 Å². The molecular weight excluding hydrogens is 216 g/mol. The maximum Gasteiger partial charge on any atom is 0.157 e. The summed E-state index contributed by atoms with van der Waals surface area (Å²) in [5.74, 6) is 0. The smallest absolute Gasteiger partial charge is 0.157 e. The number of hydrogen-bond acceptors (Lipinski definition) is 3. The first-order valence-electron chi connectivity index (χ1n) is 6.24. The van der Waals surface area contributed by atoms with Gasteiger partial charge in [-0.2, -0.15) is 0 Å². The zero-order valence-corrected chi connectivity index (χ0v) is 10.6. The molecule has 0 fully saturated rings. The van der Waals surface area contributed by atoms with Gasteiger partial charge in [0.05, 0.1) is 6.10 Å². The molecule has 0 spiro atoms. The third kappa shape index (κ3) is 5.31. The standard InChI is InChI=1S/C14H22O3/c1-3-16-14(17-4-2)11-10-13(15)12-8-6-5-7-9-12/h5-9,13-15H,3-4,10-11H2,1-2H3/t13-/m1/s1. The predicted molar refractivity (Wildman–Crippen MR) is 67.7 cm³/mol. The molecule has 0 radical (unpaired) electrons. The topological polar surface area (TPSA) is 38.7 Å². The zero-order valence-electron chi connectivity index (χ0n) is 10.6. The summed E-state index contributed by atoms with van der Waals surface area (Å²) in [5.41, 5.74) is 0.944. The Morgan fingerprint density at radius 2 is 1.59 bits per heavy atom. The second-order valence-corrected chi connectivity index (χ2v) is 3.84. The highest BCUT2D eigenvalue weighted by atomic mass is 16.7. The first-order valence-corrected chi connectivity index (χ1v) is 6.24. The Morgan fingerprint density at radius 3 is 2.12 bits per heavy atom. The van der Waals surface area contributed by atoms with Gasteiger partial charge in [0.1, 0.15) is 0 Å². The molecule has 1 rings (SSSR count). The molecule has 0 saturated carbocycles. The Hall–Kier alpha value is -0.900. The van der Waals surface area contributed by atoms with E-state index in [0.29, 0.717) is 26.1 Å². The van der Waals surface area contributed by atoms with Gasteiger partial charge < -0.3 is 14.6 Å². The van der Waals surface area contributed by atoms with Crippen molar-refractivity contribution in [1.82, 2.24) is 0 Å². The molecule has 0 aliphatic carbocycles. The summed E-state index contributed by atoms with van der Waals surface area (Å²) in [6.07, 6.45) is 0.704. The first-order chi connectivity index (χ1) is 8.27. The Bertz CT molecular complexity index is 281. The van der Waals surface area contributed by atoms with Gasteiger partial charge in [-0.05, 0) is 25.8 Å². The van der Waals surface area contributed by atoms with Crippen LogP contribution in [-0.2, 0) is 9.47 Å². The lowest BCUT2D eigenvalue weighted by atomic mass is 10.1. The van der Waals surface area contributed by atoms with Crippen molar-refractivity contribution in [2.45, 2.75) is 39.1 Å². The van der Waals surface area contributed by atoms with Crippen LogP contribution < -0.4 is 0 Å². The molecule has 0 aliphatic rings. The van der Waals surface area contributed by atoms with Crippen LogP contribution in [-0.4, -0.2) is 24.6 Å². The second-order valence-electron chi connectivity index (χ2n) is 3.84. The van der Waals surface area contributed by atoms with Gasteiger partial charge in [-0.15, -0.1) is 0 Å². The Morgan fingerprint density at radius 1 is 1.00 bits per heavy atom. The third-order valence-corrected chi connectivity index (χ3v) is 2.57. The Balaban J connectivity index is 2.38. The molecule has 1 aromatic rings. The van der Waals surface area contributed by atoms with Crippen molar-refractivity contribution in [3.63, 3.8) is 0 Å². The van der Waals surface area contributed by atoms with Gasteiger partial charge in [-0.1, -0.05) is 30.3 Å². The van der Waals surface area contributed by atoms with Crippen LogP contribution in [0.15, 0.2) is 30.3 Å². The van der Waals surface area contributed by atoms with Crippen molar-refractivity contribution in [2.24, 2.45) is 0 Å². The van der Waals surface area contributed by atoms with E-state index in [2.05, 4.69) is 0 Å². The molecule has 1 aromatic carbocycles. The fourth-order valence-corrected chi connectivity index (χ4v) is 1.72. The van der Waals surface area contributed by atoms with E-state index in [1.807, 2.05) is 44.2 Å². The van der Waals surface area contributed by atoms with Crippen molar-refractivity contribution in [3.8, 4) is 0 Å². The molecule has 0 aliphatic heterocycles. The Labute approximate surface area is 103 Å². The molecule has 3 nitrogen and oxygen atoms in total. The molecule has 0 aromatic heterocycles. The summed E-state index contributed by atoms with van der Waals surface area (Å²) in [4.78, 5) is 0. The highest BCUT2D eigenvalue weighted by Crippen LogP contribution is 2.19. The minimum atomic E-state index is -0.445. The lowest BCUT2D eigenvalue weighted by Gasteiger charge is -2.18. The molecule has 1 N–H and O–H groups in total. The fourth-order valence-electron chi connectivity index (χ4n) is 1.72. The van der Waals surface area contributed by atoms with Crippen LogP contribution in [0.25, 0.3) is 0 Å². The summed E-state index contributed by atoms with van der Waals surface area (Å²) in [6.45, 7) is 5.15. The number of ether oxygens (including phenoxy) is 2. The van der Waals surface area contributed by atoms with Gasteiger partial charge in [-0.25, -0.2) is 0 Å². The molecule has 0 bridgehead atoms. The highest BCUT2D eigenvalue weighted by Gasteiger charge is 2.12. The van der Waals surface area contributed by atoms with E-state index < -0.39 is 6.10 Å². The van der Waals surface area contributed by atoms with Crippen molar-refractivity contribution in [2.75, 3.05) is 13.2 Å². The second kappa shape index (κ2) is 8.23. The largest absolute Gasteiger partial charge is 0.388 e. The summed E-state index contributed by atoms with van der Waals surface area (Å²) in [5, 5.41) is 9.99. The van der Waals surface area contributed by atoms with Gasteiger partial charge >= 0.3 is 0 Å². The van der Waals surface area contributed by atoms with Crippen LogP contribution in [0.3, 0.4) is 0 Å². The van der Waals surface area contributed by atoms with Crippen LogP contribution in [0.4, 0.5) is 0 Å². The van der Waals surface area contributed by atoms with E-state index in [1.165, 1.54) is 0 Å². The van der Waals surface area contributed by atoms with Gasteiger partial charge in [-0.3, -0.25) is 0 Å². The van der Waals surface area contributed by atoms with Crippen molar-refractivity contribution in [1.29, 1.82) is 0 Å². The SMILES string of the molecule is CCOC(CC[C@@H](O)c1ccccc1)OCC. The summed E-state index contributed by atoms with van der Waals surface area (Å²) >= 11 is 0. The molecule has 96 valence electrons. The van der Waals surface area contributed by atoms with E-state index in [4.69, 9.17) is 9.47 Å². The average Bonchev–Trinajstić information content (AvgIpc) is 2.37. The monoisotopic (exact) mass is 238 g/mol. The number of benzene rings is 1. The zero-order chi connectivity index (χ0) is 12.5. The van der Waals surface area contributed by atoms with Crippen molar-refractivity contribution >= 4 is 0 Å². The van der Waals surface area contributed by atoms with E-state index in [9.17, 15) is 5.11 Å². The number of aliphatic hydroxyl groups is 1. The average molecular weight is 238 g/mol. The Kier molecular flexibility index (Phi) is 6.86. The van der Waals surface area contributed by atoms with Crippen LogP contribution in [0, 0.1) is 0 Å². The molecule has 3 heteroatoms. The van der Waals surface area contributed by atoms with E-state index in [-0.39, 0.29) is 6.29 Å². The number of rotatable bonds is 8. The molecule has 0 unspecified atom stereocenters. The maximum absolute atomic E-state index is 9.99. The minimum absolute atomic E-state index is 0.205. The summed E-state index contributed by atoms with van der Waals surface area (Å²) in [6, 6.07) is 9.67. The van der Waals surface area contributed by atoms with Gasteiger partial charge in [0.15, 0.2) is 6.29 Å². The van der Waals surface area contributed by atoms with Gasteiger partial charge in [0.25, 0.3) is 0 Å². The van der Waals surface area contributed by atoms with Crippen molar-refractivity contribution < 1.29 is 14.6 Å². The van der Waals surface area contributed by atoms with E-state index in [1.54, 1.807) is 0 Å². The van der Waals surface area contributed by atoms with E-state index >= 15 is 0 Å². The maximum atomic E-state index is 9.99. The lowest BCUT2D eigenvalue weighted by molar-refractivity contribution is -0.143. The summed E-state index contributed by atoms with van der Waals surface area (Å²) in [7, 11) is 0. The number of aliphatic hydroxyl groups excluding tert-OH is 1. The minimum Gasteiger partial charge on any atom is -0.388 e. The quantitative estimate of drug-likeness (QED) is 0.708. The van der Waals surface area contributed by atoms with Crippen LogP contribution >= 0.6 is 0 Å². The number of hydrogen-bond donors (Lipinski definition) is 1. The fraction of sp³-hybridized carbons (Fsp3) is 0.571. The van der Waals surface area contributed by atoms with Gasteiger partial charge in [0, 0.05) is 19.6 Å². The highest BCUT2D eigenvalue weighted by molar-refractivity contribution is 5.16. The van der Waals surface area contributed by atoms with E-state index in [0.717, 1.165) is 5.56 Å². The van der Waals surface area contributed by atoms with Gasteiger partial charge in [0.2, 0.25) is 0 Å². The van der Waals surface area contributed by atoms with Crippen LogP contribution in [0.5, 0.6) is 0 Å². The normalized spacial score (nSPS) is 12.9. The molecular formula is C14H22O3. The first kappa shape index (κ1) is 14.2. The molecule has 0 saturated heterocycles. The molecule has 0 amide bonds. The molecule has 1 atom stereocenters. The van der Waals surface area contributed by atoms with Crippen LogP contribution in [0.2, 0.25) is 0 Å². The summed E-state index contributed by atoms with van der Waals surface area (Å²) < 4.78 is 10.9. The molecule has 17 heavy (non-hydrogen) atoms. The molecule has 0 heterocycles.